The van der Waals surface area contributed by atoms with Crippen molar-refractivity contribution in [1.82, 2.24) is 10.2 Å². The third kappa shape index (κ3) is 8.60. The Morgan fingerprint density at radius 3 is 2.15 bits per heavy atom. The molecular weight excluding hydrogens is 645 g/mol. The van der Waals surface area contributed by atoms with Crippen molar-refractivity contribution in [2.45, 2.75) is 50.2 Å². The Labute approximate surface area is 280 Å². The second-order valence-electron chi connectivity index (χ2n) is 10.8. The van der Waals surface area contributed by atoms with E-state index in [0.717, 1.165) is 9.87 Å². The predicted molar refractivity (Wildman–Crippen MR) is 183 cm³/mol. The van der Waals surface area contributed by atoms with Crippen LogP contribution in [0.1, 0.15) is 31.4 Å². The molecule has 0 spiro atoms. The average Bonchev–Trinajstić information content (AvgIpc) is 3.07. The predicted octanol–water partition coefficient (Wildman–Crippen LogP) is 6.75. The average molecular weight is 683 g/mol. The monoisotopic (exact) mass is 681 g/mol. The van der Waals surface area contributed by atoms with Gasteiger partial charge in [0.2, 0.25) is 11.8 Å². The van der Waals surface area contributed by atoms with E-state index in [2.05, 4.69) is 5.32 Å². The SMILES string of the molecule is CC[C@@H](C)NC(=O)[C@H](Cc1ccccc1)N(Cc1cccc(OC)c1)C(=O)CN(c1cccc(Cl)c1Cl)S(=O)(=O)c1ccccc1. The van der Waals surface area contributed by atoms with E-state index in [0.29, 0.717) is 17.7 Å². The fourth-order valence-corrected chi connectivity index (χ4v) is 6.78. The molecule has 0 unspecified atom stereocenters. The molecule has 0 bridgehead atoms. The minimum absolute atomic E-state index is 0.00393. The summed E-state index contributed by atoms with van der Waals surface area (Å²) in [6, 6.07) is 27.8. The number of carbonyl (C=O) groups excluding carboxylic acids is 2. The zero-order valence-corrected chi connectivity index (χ0v) is 28.2. The van der Waals surface area contributed by atoms with Gasteiger partial charge in [-0.3, -0.25) is 13.9 Å². The topological polar surface area (TPSA) is 96.0 Å². The lowest BCUT2D eigenvalue weighted by Gasteiger charge is -2.34. The summed E-state index contributed by atoms with van der Waals surface area (Å²) in [6.07, 6.45) is 0.881. The van der Waals surface area contributed by atoms with Crippen LogP contribution in [0.4, 0.5) is 5.69 Å². The van der Waals surface area contributed by atoms with Crippen molar-refractivity contribution in [3.63, 3.8) is 0 Å². The highest BCUT2D eigenvalue weighted by atomic mass is 35.5. The van der Waals surface area contributed by atoms with Gasteiger partial charge in [-0.1, -0.05) is 96.9 Å². The number of hydrogen-bond acceptors (Lipinski definition) is 5. The van der Waals surface area contributed by atoms with E-state index >= 15 is 0 Å². The van der Waals surface area contributed by atoms with Crippen LogP contribution in [0.2, 0.25) is 10.0 Å². The molecular formula is C35H37Cl2N3O5S. The molecule has 0 aliphatic carbocycles. The molecule has 0 saturated carbocycles. The maximum atomic E-state index is 14.6. The van der Waals surface area contributed by atoms with Gasteiger partial charge in [0, 0.05) is 19.0 Å². The van der Waals surface area contributed by atoms with Crippen LogP contribution in [0.3, 0.4) is 0 Å². The molecule has 0 aliphatic rings. The van der Waals surface area contributed by atoms with Crippen LogP contribution in [0.25, 0.3) is 0 Å². The molecule has 4 rings (SSSR count). The number of nitrogens with zero attached hydrogens (tertiary/aromatic N) is 2. The zero-order chi connectivity index (χ0) is 33.3. The van der Waals surface area contributed by atoms with E-state index in [1.165, 1.54) is 29.2 Å². The Bertz CT molecular complexity index is 1740. The number of nitrogens with one attached hydrogen (secondary N) is 1. The molecule has 4 aromatic carbocycles. The summed E-state index contributed by atoms with van der Waals surface area (Å²) in [5.74, 6) is -0.390. The van der Waals surface area contributed by atoms with Gasteiger partial charge in [0.15, 0.2) is 0 Å². The minimum atomic E-state index is -4.31. The van der Waals surface area contributed by atoms with Crippen LogP contribution >= 0.6 is 23.2 Å². The molecule has 46 heavy (non-hydrogen) atoms. The van der Waals surface area contributed by atoms with Gasteiger partial charge in [-0.05, 0) is 60.9 Å². The third-order valence-corrected chi connectivity index (χ3v) is 10.2. The van der Waals surface area contributed by atoms with Crippen molar-refractivity contribution in [3.05, 3.63) is 124 Å². The van der Waals surface area contributed by atoms with Crippen LogP contribution < -0.4 is 14.4 Å². The number of amides is 2. The molecule has 242 valence electrons. The standard InChI is InChI=1S/C35H37Cl2N3O5S/c1-4-25(2)38-35(42)32(22-26-13-7-5-8-14-26)39(23-27-15-11-16-28(21-27)45-3)33(41)24-40(31-20-12-19-30(36)34(31)37)46(43,44)29-17-9-6-10-18-29/h5-21,25,32H,4,22-24H2,1-3H3,(H,38,42)/t25-,32+/m1/s1. The minimum Gasteiger partial charge on any atom is -0.497 e. The molecule has 4 aromatic rings. The summed E-state index contributed by atoms with van der Waals surface area (Å²) >= 11 is 12.9. The van der Waals surface area contributed by atoms with E-state index in [-0.39, 0.29) is 45.5 Å². The first kappa shape index (κ1) is 34.8. The number of halogens is 2. The number of anilines is 1. The number of ether oxygens (including phenoxy) is 1. The van der Waals surface area contributed by atoms with Gasteiger partial charge < -0.3 is 15.0 Å². The molecule has 2 atom stereocenters. The van der Waals surface area contributed by atoms with Gasteiger partial charge >= 0.3 is 0 Å². The molecule has 0 fully saturated rings. The summed E-state index contributed by atoms with van der Waals surface area (Å²) in [6.45, 7) is 3.20. The largest absolute Gasteiger partial charge is 0.497 e. The van der Waals surface area contributed by atoms with E-state index in [9.17, 15) is 18.0 Å². The number of benzene rings is 4. The highest BCUT2D eigenvalue weighted by Gasteiger charge is 2.35. The Balaban J connectivity index is 1.84. The highest BCUT2D eigenvalue weighted by Crippen LogP contribution is 2.35. The quantitative estimate of drug-likeness (QED) is 0.159. The van der Waals surface area contributed by atoms with Gasteiger partial charge in [0.25, 0.3) is 10.0 Å². The second kappa shape index (κ2) is 16.0. The van der Waals surface area contributed by atoms with Crippen LogP contribution in [0, 0.1) is 0 Å². The number of rotatable bonds is 14. The smallest absolute Gasteiger partial charge is 0.264 e. The number of sulfonamides is 1. The molecule has 0 heterocycles. The molecule has 0 saturated heterocycles. The summed E-state index contributed by atoms with van der Waals surface area (Å²) in [5.41, 5.74) is 1.57. The van der Waals surface area contributed by atoms with Crippen molar-refractivity contribution in [2.75, 3.05) is 18.0 Å². The van der Waals surface area contributed by atoms with E-state index in [1.54, 1.807) is 49.6 Å². The Kier molecular flexibility index (Phi) is 12.1. The van der Waals surface area contributed by atoms with Crippen molar-refractivity contribution < 1.29 is 22.7 Å². The van der Waals surface area contributed by atoms with Crippen molar-refractivity contribution in [2.24, 2.45) is 0 Å². The zero-order valence-electron chi connectivity index (χ0n) is 25.9. The van der Waals surface area contributed by atoms with Gasteiger partial charge in [-0.2, -0.15) is 0 Å². The van der Waals surface area contributed by atoms with Crippen LogP contribution in [-0.4, -0.2) is 50.9 Å². The number of carbonyl (C=O) groups is 2. The maximum Gasteiger partial charge on any atom is 0.264 e. The van der Waals surface area contributed by atoms with E-state index < -0.39 is 28.5 Å². The van der Waals surface area contributed by atoms with Crippen molar-refractivity contribution >= 4 is 50.7 Å². The summed E-state index contributed by atoms with van der Waals surface area (Å²) in [5, 5.41) is 3.13. The fraction of sp³-hybridized carbons (Fsp3) is 0.257. The molecule has 1 N–H and O–H groups in total. The van der Waals surface area contributed by atoms with Gasteiger partial charge in [-0.25, -0.2) is 8.42 Å². The molecule has 2 amide bonds. The maximum absolute atomic E-state index is 14.6. The van der Waals surface area contributed by atoms with Crippen molar-refractivity contribution in [3.8, 4) is 5.75 Å². The summed E-state index contributed by atoms with van der Waals surface area (Å²) < 4.78 is 34.6. The first-order chi connectivity index (χ1) is 22.0. The molecule has 11 heteroatoms. The summed E-state index contributed by atoms with van der Waals surface area (Å²) in [7, 11) is -2.77. The number of hydrogen-bond donors (Lipinski definition) is 1. The Morgan fingerprint density at radius 2 is 1.50 bits per heavy atom. The Morgan fingerprint density at radius 1 is 0.870 bits per heavy atom. The first-order valence-electron chi connectivity index (χ1n) is 14.8. The normalized spacial score (nSPS) is 12.5. The van der Waals surface area contributed by atoms with Crippen molar-refractivity contribution in [1.29, 1.82) is 0 Å². The summed E-state index contributed by atoms with van der Waals surface area (Å²) in [4.78, 5) is 29.9. The van der Waals surface area contributed by atoms with Gasteiger partial charge in [0.05, 0.1) is 27.7 Å². The van der Waals surface area contributed by atoms with Crippen LogP contribution in [0.15, 0.2) is 108 Å². The van der Waals surface area contributed by atoms with Crippen LogP contribution in [-0.2, 0) is 32.6 Å². The first-order valence-corrected chi connectivity index (χ1v) is 17.0. The Hall–Kier alpha value is -4.05. The van der Waals surface area contributed by atoms with E-state index in [1.807, 2.05) is 50.2 Å². The second-order valence-corrected chi connectivity index (χ2v) is 13.4. The third-order valence-electron chi connectivity index (χ3n) is 7.57. The molecule has 8 nitrogen and oxygen atoms in total. The van der Waals surface area contributed by atoms with Crippen LogP contribution in [0.5, 0.6) is 5.75 Å². The lowest BCUT2D eigenvalue weighted by molar-refractivity contribution is -0.140. The fourth-order valence-electron chi connectivity index (χ4n) is 4.88. The highest BCUT2D eigenvalue weighted by molar-refractivity contribution is 7.92. The van der Waals surface area contributed by atoms with E-state index in [4.69, 9.17) is 27.9 Å². The lowest BCUT2D eigenvalue weighted by Crippen LogP contribution is -2.54. The van der Waals surface area contributed by atoms with Gasteiger partial charge in [-0.15, -0.1) is 0 Å². The molecule has 0 aliphatic heterocycles. The number of methoxy groups -OCH3 is 1. The lowest BCUT2D eigenvalue weighted by atomic mass is 10.0. The van der Waals surface area contributed by atoms with Gasteiger partial charge in [0.1, 0.15) is 18.3 Å². The molecule has 0 aromatic heterocycles. The molecule has 0 radical (unpaired) electrons.